The van der Waals surface area contributed by atoms with Crippen molar-refractivity contribution < 1.29 is 32.3 Å². The van der Waals surface area contributed by atoms with Crippen LogP contribution in [0.4, 0.5) is 5.82 Å². The zero-order chi connectivity index (χ0) is 32.4. The van der Waals surface area contributed by atoms with Crippen molar-refractivity contribution in [2.75, 3.05) is 24.6 Å². The first-order valence-electron chi connectivity index (χ1n) is 14.7. The normalized spacial score (nSPS) is 16.3. The molecule has 0 bridgehead atoms. The van der Waals surface area contributed by atoms with Gasteiger partial charge in [-0.1, -0.05) is 60.7 Å². The number of pyridine rings is 1. The fourth-order valence-corrected chi connectivity index (χ4v) is 6.53. The SMILES string of the molecule is CCOC(=O)c1cc(C#N)c(N2CCC(C(=O)NS(=O)(=O)Cc3ccccc3)C(CCC(=O)OCc3ccccc3)C2)nc1C. The topological polar surface area (TPSA) is 156 Å². The number of aryl methyl sites for hydroxylation is 1. The number of anilines is 1. The standard InChI is InChI=1S/C33H36N4O7S/c1-3-43-33(40)29-18-27(19-34)31(35-23(29)2)37-17-16-28(32(39)36-45(41,42)22-25-12-8-5-9-13-25)26(20-37)14-15-30(38)44-21-24-10-6-4-7-11-24/h4-13,18,26,28H,3,14-17,20-22H2,1-2H3,(H,36,39). The zero-order valence-corrected chi connectivity index (χ0v) is 26.1. The van der Waals surface area contributed by atoms with Crippen LogP contribution in [-0.2, 0) is 41.4 Å². The molecule has 236 valence electrons. The predicted molar refractivity (Wildman–Crippen MR) is 166 cm³/mol. The highest BCUT2D eigenvalue weighted by atomic mass is 32.2. The molecule has 3 aromatic rings. The number of rotatable bonds is 12. The van der Waals surface area contributed by atoms with Gasteiger partial charge in [0, 0.05) is 25.4 Å². The minimum absolute atomic E-state index is 0.00520. The number of nitrogens with one attached hydrogen (secondary N) is 1. The number of carbonyl (C=O) groups is 3. The van der Waals surface area contributed by atoms with Crippen LogP contribution in [0.2, 0.25) is 0 Å². The van der Waals surface area contributed by atoms with Crippen LogP contribution in [0.5, 0.6) is 0 Å². The maximum absolute atomic E-state index is 13.4. The maximum atomic E-state index is 13.4. The molecular formula is C33H36N4O7S. The van der Waals surface area contributed by atoms with Crippen LogP contribution in [-0.4, -0.2) is 50.9 Å². The Morgan fingerprint density at radius 1 is 1.04 bits per heavy atom. The predicted octanol–water partition coefficient (Wildman–Crippen LogP) is 4.05. The average Bonchev–Trinajstić information content (AvgIpc) is 3.03. The van der Waals surface area contributed by atoms with Crippen molar-refractivity contribution in [2.24, 2.45) is 11.8 Å². The van der Waals surface area contributed by atoms with Gasteiger partial charge in [0.05, 0.1) is 29.2 Å². The monoisotopic (exact) mass is 632 g/mol. The van der Waals surface area contributed by atoms with Gasteiger partial charge in [0.2, 0.25) is 15.9 Å². The van der Waals surface area contributed by atoms with Crippen LogP contribution in [0.1, 0.15) is 58.9 Å². The molecule has 0 spiro atoms. The summed E-state index contributed by atoms with van der Waals surface area (Å²) in [5.41, 5.74) is 2.12. The van der Waals surface area contributed by atoms with E-state index >= 15 is 0 Å². The van der Waals surface area contributed by atoms with E-state index in [0.717, 1.165) is 5.56 Å². The van der Waals surface area contributed by atoms with E-state index in [-0.39, 0.29) is 55.9 Å². The van der Waals surface area contributed by atoms with Crippen molar-refractivity contribution in [3.8, 4) is 6.07 Å². The van der Waals surface area contributed by atoms with E-state index in [1.807, 2.05) is 35.2 Å². The molecule has 45 heavy (non-hydrogen) atoms. The van der Waals surface area contributed by atoms with E-state index < -0.39 is 39.7 Å². The van der Waals surface area contributed by atoms with Crippen molar-refractivity contribution >= 4 is 33.7 Å². The third-order valence-electron chi connectivity index (χ3n) is 7.60. The molecule has 1 aromatic heterocycles. The van der Waals surface area contributed by atoms with Gasteiger partial charge >= 0.3 is 11.9 Å². The van der Waals surface area contributed by atoms with E-state index in [2.05, 4.69) is 15.8 Å². The van der Waals surface area contributed by atoms with E-state index in [1.165, 1.54) is 6.07 Å². The van der Waals surface area contributed by atoms with Crippen LogP contribution >= 0.6 is 0 Å². The van der Waals surface area contributed by atoms with Crippen LogP contribution < -0.4 is 9.62 Å². The summed E-state index contributed by atoms with van der Waals surface area (Å²) in [4.78, 5) is 44.9. The third-order valence-corrected chi connectivity index (χ3v) is 8.82. The van der Waals surface area contributed by atoms with Gasteiger partial charge in [-0.25, -0.2) is 18.2 Å². The number of hydrogen-bond donors (Lipinski definition) is 1. The summed E-state index contributed by atoms with van der Waals surface area (Å²) in [6.07, 6.45) is 0.496. The Morgan fingerprint density at radius 3 is 2.36 bits per heavy atom. The minimum atomic E-state index is -3.98. The number of nitrogens with zero attached hydrogens (tertiary/aromatic N) is 3. The molecule has 11 nitrogen and oxygen atoms in total. The van der Waals surface area contributed by atoms with E-state index in [1.54, 1.807) is 44.2 Å². The molecule has 1 amide bonds. The minimum Gasteiger partial charge on any atom is -0.462 e. The lowest BCUT2D eigenvalue weighted by Crippen LogP contribution is -2.48. The number of amides is 1. The van der Waals surface area contributed by atoms with Gasteiger partial charge in [-0.15, -0.1) is 0 Å². The second-order valence-electron chi connectivity index (χ2n) is 10.8. The first-order valence-corrected chi connectivity index (χ1v) is 16.4. The lowest BCUT2D eigenvalue weighted by molar-refractivity contribution is -0.145. The largest absolute Gasteiger partial charge is 0.462 e. The van der Waals surface area contributed by atoms with Crippen molar-refractivity contribution in [3.05, 3.63) is 94.7 Å². The van der Waals surface area contributed by atoms with Crippen molar-refractivity contribution in [1.29, 1.82) is 5.26 Å². The molecule has 1 saturated heterocycles. The van der Waals surface area contributed by atoms with Gasteiger partial charge < -0.3 is 14.4 Å². The van der Waals surface area contributed by atoms with Crippen LogP contribution in [0, 0.1) is 30.1 Å². The highest BCUT2D eigenvalue weighted by Gasteiger charge is 2.37. The number of piperidine rings is 1. The Morgan fingerprint density at radius 2 is 1.71 bits per heavy atom. The molecule has 1 aliphatic heterocycles. The number of benzene rings is 2. The summed E-state index contributed by atoms with van der Waals surface area (Å²) < 4.78 is 38.5. The smallest absolute Gasteiger partial charge is 0.340 e. The first kappa shape index (κ1) is 33.1. The van der Waals surface area contributed by atoms with Gasteiger partial charge in [-0.3, -0.25) is 14.3 Å². The summed E-state index contributed by atoms with van der Waals surface area (Å²) in [6, 6.07) is 21.3. The quantitative estimate of drug-likeness (QED) is 0.289. The third kappa shape index (κ3) is 9.12. The molecule has 0 aliphatic carbocycles. The van der Waals surface area contributed by atoms with Gasteiger partial charge in [0.1, 0.15) is 18.5 Å². The van der Waals surface area contributed by atoms with Gasteiger partial charge in [-0.2, -0.15) is 5.26 Å². The Balaban J connectivity index is 1.52. The zero-order valence-electron chi connectivity index (χ0n) is 25.3. The number of hydrogen-bond acceptors (Lipinski definition) is 10. The second kappa shape index (κ2) is 15.3. The molecule has 2 atom stereocenters. The maximum Gasteiger partial charge on any atom is 0.340 e. The lowest BCUT2D eigenvalue weighted by Gasteiger charge is -2.39. The Bertz CT molecular complexity index is 1660. The molecule has 1 fully saturated rings. The molecule has 2 unspecified atom stereocenters. The molecule has 2 heterocycles. The van der Waals surface area contributed by atoms with Crippen LogP contribution in [0.3, 0.4) is 0 Å². The Labute approximate surface area is 263 Å². The lowest BCUT2D eigenvalue weighted by atomic mass is 9.82. The van der Waals surface area contributed by atoms with E-state index in [0.29, 0.717) is 23.6 Å². The highest BCUT2D eigenvalue weighted by Crippen LogP contribution is 2.33. The first-order chi connectivity index (χ1) is 21.6. The van der Waals surface area contributed by atoms with Gasteiger partial charge in [0.25, 0.3) is 0 Å². The van der Waals surface area contributed by atoms with E-state index in [9.17, 15) is 28.1 Å². The molecule has 1 N–H and O–H groups in total. The van der Waals surface area contributed by atoms with Crippen molar-refractivity contribution in [2.45, 2.75) is 45.5 Å². The summed E-state index contributed by atoms with van der Waals surface area (Å²) >= 11 is 0. The number of aromatic nitrogens is 1. The van der Waals surface area contributed by atoms with Crippen molar-refractivity contribution in [3.63, 3.8) is 0 Å². The number of esters is 2. The fraction of sp³-hybridized carbons (Fsp3) is 0.364. The summed E-state index contributed by atoms with van der Waals surface area (Å²) in [5.74, 6) is -2.86. The average molecular weight is 633 g/mol. The molecule has 0 saturated carbocycles. The Kier molecular flexibility index (Phi) is 11.3. The number of carbonyl (C=O) groups excluding carboxylic acids is 3. The molecule has 0 radical (unpaired) electrons. The van der Waals surface area contributed by atoms with E-state index in [4.69, 9.17) is 9.47 Å². The fourth-order valence-electron chi connectivity index (χ4n) is 5.37. The Hall–Kier alpha value is -4.76. The highest BCUT2D eigenvalue weighted by molar-refractivity contribution is 7.89. The summed E-state index contributed by atoms with van der Waals surface area (Å²) in [5, 5.41) is 9.90. The van der Waals surface area contributed by atoms with Gasteiger partial charge in [-0.05, 0) is 49.8 Å². The number of ether oxygens (including phenoxy) is 2. The molecule has 12 heteroatoms. The number of nitriles is 1. The number of sulfonamides is 1. The van der Waals surface area contributed by atoms with Crippen molar-refractivity contribution in [1.82, 2.24) is 9.71 Å². The van der Waals surface area contributed by atoms with Crippen LogP contribution in [0.25, 0.3) is 0 Å². The summed E-state index contributed by atoms with van der Waals surface area (Å²) in [7, 11) is -3.98. The van der Waals surface area contributed by atoms with Crippen LogP contribution in [0.15, 0.2) is 66.7 Å². The molecule has 1 aliphatic rings. The molecular weight excluding hydrogens is 596 g/mol. The molecule has 4 rings (SSSR count). The second-order valence-corrected chi connectivity index (χ2v) is 12.5. The molecule has 2 aromatic carbocycles. The van der Waals surface area contributed by atoms with Gasteiger partial charge in [0.15, 0.2) is 0 Å². The summed E-state index contributed by atoms with van der Waals surface area (Å²) in [6.45, 7) is 4.14.